The number of benzene rings is 1. The lowest BCUT2D eigenvalue weighted by molar-refractivity contribution is -0.139. The topological polar surface area (TPSA) is 47.6 Å². The van der Waals surface area contributed by atoms with Gasteiger partial charge in [-0.15, -0.1) is 12.4 Å². The van der Waals surface area contributed by atoms with E-state index in [1.807, 2.05) is 6.07 Å². The molecule has 4 nitrogen and oxygen atoms in total. The minimum absolute atomic E-state index is 0. The third kappa shape index (κ3) is 4.12. The molecule has 2 rings (SSSR count). The predicted octanol–water partition coefficient (Wildman–Crippen LogP) is 2.30. The van der Waals surface area contributed by atoms with Crippen LogP contribution in [0, 0.1) is 0 Å². The van der Waals surface area contributed by atoms with Crippen molar-refractivity contribution in [3.05, 3.63) is 29.3 Å². The summed E-state index contributed by atoms with van der Waals surface area (Å²) in [6, 6.07) is 6.15. The van der Waals surface area contributed by atoms with Gasteiger partial charge >= 0.3 is 5.97 Å². The molecule has 1 aromatic carbocycles. The summed E-state index contributed by atoms with van der Waals surface area (Å²) in [6.45, 7) is 2.13. The van der Waals surface area contributed by atoms with E-state index in [1.54, 1.807) is 7.11 Å². The molecule has 0 atom stereocenters. The van der Waals surface area contributed by atoms with Gasteiger partial charge in [-0.05, 0) is 43.5 Å². The summed E-state index contributed by atoms with van der Waals surface area (Å²) in [5.41, 5.74) is 2.18. The van der Waals surface area contributed by atoms with Gasteiger partial charge in [-0.2, -0.15) is 0 Å². The first-order chi connectivity index (χ1) is 9.24. The second kappa shape index (κ2) is 8.12. The number of halogens is 1. The highest BCUT2D eigenvalue weighted by atomic mass is 35.5. The van der Waals surface area contributed by atoms with E-state index in [9.17, 15) is 4.79 Å². The van der Waals surface area contributed by atoms with E-state index >= 15 is 0 Å². The van der Waals surface area contributed by atoms with Crippen molar-refractivity contribution in [2.24, 2.45) is 0 Å². The average molecular weight is 300 g/mol. The summed E-state index contributed by atoms with van der Waals surface area (Å²) in [5, 5.41) is 3.37. The Morgan fingerprint density at radius 2 is 2.00 bits per heavy atom. The third-order valence-electron chi connectivity index (χ3n) is 3.68. The average Bonchev–Trinajstić information content (AvgIpc) is 2.48. The number of nitrogens with one attached hydrogen (secondary N) is 1. The van der Waals surface area contributed by atoms with E-state index in [2.05, 4.69) is 17.4 Å². The Kier molecular flexibility index (Phi) is 6.82. The highest BCUT2D eigenvalue weighted by Crippen LogP contribution is 2.30. The maximum atomic E-state index is 11.3. The van der Waals surface area contributed by atoms with Crippen LogP contribution < -0.4 is 10.1 Å². The summed E-state index contributed by atoms with van der Waals surface area (Å²) < 4.78 is 10.1. The monoisotopic (exact) mass is 299 g/mol. The fourth-order valence-corrected chi connectivity index (χ4v) is 2.54. The number of piperidine rings is 1. The van der Waals surface area contributed by atoms with Crippen LogP contribution in [0.2, 0.25) is 0 Å². The Balaban J connectivity index is 0.00000200. The van der Waals surface area contributed by atoms with E-state index in [0.717, 1.165) is 37.2 Å². The van der Waals surface area contributed by atoms with Gasteiger partial charge in [-0.1, -0.05) is 12.1 Å². The lowest BCUT2D eigenvalue weighted by Gasteiger charge is -2.23. The van der Waals surface area contributed by atoms with Crippen LogP contribution in [0.15, 0.2) is 18.2 Å². The van der Waals surface area contributed by atoms with Crippen molar-refractivity contribution in [3.63, 3.8) is 0 Å². The number of carbonyl (C=O) groups is 1. The van der Waals surface area contributed by atoms with Crippen molar-refractivity contribution >= 4 is 18.4 Å². The number of ether oxygens (including phenoxy) is 2. The molecule has 20 heavy (non-hydrogen) atoms. The van der Waals surface area contributed by atoms with Crippen LogP contribution in [-0.2, 0) is 16.0 Å². The molecule has 0 unspecified atom stereocenters. The molecule has 1 saturated heterocycles. The fraction of sp³-hybridized carbons (Fsp3) is 0.533. The van der Waals surface area contributed by atoms with Crippen LogP contribution >= 0.6 is 12.4 Å². The Bertz CT molecular complexity index is 445. The Morgan fingerprint density at radius 3 is 2.60 bits per heavy atom. The molecule has 1 heterocycles. The molecule has 0 radical (unpaired) electrons. The van der Waals surface area contributed by atoms with E-state index in [4.69, 9.17) is 9.47 Å². The molecule has 5 heteroatoms. The molecule has 1 aliphatic rings. The molecule has 1 fully saturated rings. The Hall–Kier alpha value is -1.26. The number of esters is 1. The lowest BCUT2D eigenvalue weighted by Crippen LogP contribution is -2.26. The normalized spacial score (nSPS) is 15.3. The molecule has 0 amide bonds. The molecular formula is C15H22ClNO3. The van der Waals surface area contributed by atoms with E-state index in [0.29, 0.717) is 5.92 Å². The van der Waals surface area contributed by atoms with Gasteiger partial charge in [0.15, 0.2) is 0 Å². The number of hydrogen-bond donors (Lipinski definition) is 1. The fourth-order valence-electron chi connectivity index (χ4n) is 2.54. The van der Waals surface area contributed by atoms with Crippen LogP contribution in [0.5, 0.6) is 5.75 Å². The quantitative estimate of drug-likeness (QED) is 0.867. The summed E-state index contributed by atoms with van der Waals surface area (Å²) in [6.07, 6.45) is 2.56. The van der Waals surface area contributed by atoms with Gasteiger partial charge in [0.1, 0.15) is 5.75 Å². The Morgan fingerprint density at radius 1 is 1.30 bits per heavy atom. The van der Waals surface area contributed by atoms with Crippen molar-refractivity contribution in [2.75, 3.05) is 27.3 Å². The molecule has 0 aromatic heterocycles. The molecule has 1 N–H and O–H groups in total. The number of rotatable bonds is 4. The molecule has 112 valence electrons. The first kappa shape index (κ1) is 16.8. The third-order valence-corrected chi connectivity index (χ3v) is 3.68. The summed E-state index contributed by atoms with van der Waals surface area (Å²) in [4.78, 5) is 11.3. The molecule has 0 bridgehead atoms. The van der Waals surface area contributed by atoms with Gasteiger partial charge in [0.05, 0.1) is 20.6 Å². The van der Waals surface area contributed by atoms with Gasteiger partial charge in [0, 0.05) is 5.56 Å². The molecular weight excluding hydrogens is 278 g/mol. The standard InChI is InChI=1S/C15H21NO3.ClH/c1-18-14-9-12(11-5-7-16-8-6-11)3-4-13(14)10-15(17)19-2;/h3-4,9,11,16H,5-8,10H2,1-2H3;1H. The van der Waals surface area contributed by atoms with E-state index in [1.165, 1.54) is 12.7 Å². The maximum absolute atomic E-state index is 11.3. The van der Waals surface area contributed by atoms with Gasteiger partial charge in [-0.25, -0.2) is 0 Å². The minimum atomic E-state index is -0.243. The van der Waals surface area contributed by atoms with Crippen molar-refractivity contribution in [2.45, 2.75) is 25.2 Å². The molecule has 0 saturated carbocycles. The smallest absolute Gasteiger partial charge is 0.310 e. The van der Waals surface area contributed by atoms with Gasteiger partial charge < -0.3 is 14.8 Å². The summed E-state index contributed by atoms with van der Waals surface area (Å²) >= 11 is 0. The lowest BCUT2D eigenvalue weighted by atomic mass is 9.89. The first-order valence-corrected chi connectivity index (χ1v) is 6.69. The van der Waals surface area contributed by atoms with Crippen LogP contribution in [0.4, 0.5) is 0 Å². The molecule has 0 aliphatic carbocycles. The van der Waals surface area contributed by atoms with Crippen molar-refractivity contribution in [1.82, 2.24) is 5.32 Å². The second-order valence-corrected chi connectivity index (χ2v) is 4.85. The van der Waals surface area contributed by atoms with Crippen molar-refractivity contribution in [3.8, 4) is 5.75 Å². The number of methoxy groups -OCH3 is 2. The van der Waals surface area contributed by atoms with Gasteiger partial charge in [0.25, 0.3) is 0 Å². The first-order valence-electron chi connectivity index (χ1n) is 6.69. The van der Waals surface area contributed by atoms with Crippen molar-refractivity contribution < 1.29 is 14.3 Å². The molecule has 1 aromatic rings. The van der Waals surface area contributed by atoms with Crippen molar-refractivity contribution in [1.29, 1.82) is 0 Å². The van der Waals surface area contributed by atoms with Crippen LogP contribution in [0.25, 0.3) is 0 Å². The van der Waals surface area contributed by atoms with Crippen LogP contribution in [0.3, 0.4) is 0 Å². The highest BCUT2D eigenvalue weighted by molar-refractivity contribution is 5.85. The SMILES string of the molecule is COC(=O)Cc1ccc(C2CCNCC2)cc1OC.Cl. The van der Waals surface area contributed by atoms with Gasteiger partial charge in [0.2, 0.25) is 0 Å². The maximum Gasteiger partial charge on any atom is 0.310 e. The second-order valence-electron chi connectivity index (χ2n) is 4.85. The molecule has 1 aliphatic heterocycles. The van der Waals surface area contributed by atoms with Crippen LogP contribution in [-0.4, -0.2) is 33.3 Å². The van der Waals surface area contributed by atoms with Crippen LogP contribution in [0.1, 0.15) is 29.9 Å². The highest BCUT2D eigenvalue weighted by Gasteiger charge is 2.17. The predicted molar refractivity (Wildman–Crippen MR) is 80.8 cm³/mol. The zero-order valence-corrected chi connectivity index (χ0v) is 12.8. The van der Waals surface area contributed by atoms with E-state index in [-0.39, 0.29) is 24.8 Å². The number of hydrogen-bond acceptors (Lipinski definition) is 4. The molecule has 0 spiro atoms. The van der Waals surface area contributed by atoms with E-state index < -0.39 is 0 Å². The zero-order chi connectivity index (χ0) is 13.7. The largest absolute Gasteiger partial charge is 0.496 e. The summed E-state index contributed by atoms with van der Waals surface area (Å²) in [5.74, 6) is 1.12. The minimum Gasteiger partial charge on any atom is -0.496 e. The zero-order valence-electron chi connectivity index (χ0n) is 12.0. The summed E-state index contributed by atoms with van der Waals surface area (Å²) in [7, 11) is 3.04. The number of carbonyl (C=O) groups excluding carboxylic acids is 1. The Labute approximate surface area is 126 Å². The van der Waals surface area contributed by atoms with Gasteiger partial charge in [-0.3, -0.25) is 4.79 Å².